The average molecular weight is 383 g/mol. The van der Waals surface area contributed by atoms with Crippen LogP contribution in [0.3, 0.4) is 0 Å². The maximum atomic E-state index is 11.8. The van der Waals surface area contributed by atoms with Crippen LogP contribution >= 0.6 is 36.4 Å². The third-order valence-electron chi connectivity index (χ3n) is 3.92. The first-order chi connectivity index (χ1) is 10.2. The fraction of sp³-hybridized carbons (Fsp3) is 0.562. The summed E-state index contributed by atoms with van der Waals surface area (Å²) in [6.07, 6.45) is 3.67. The minimum Gasteiger partial charge on any atom is -0.354 e. The lowest BCUT2D eigenvalue weighted by Gasteiger charge is -2.28. The van der Waals surface area contributed by atoms with Crippen LogP contribution in [-0.4, -0.2) is 37.0 Å². The summed E-state index contributed by atoms with van der Waals surface area (Å²) >= 11 is 6.11. The van der Waals surface area contributed by atoms with Gasteiger partial charge in [0.2, 0.25) is 5.91 Å². The molecule has 1 unspecified atom stereocenters. The molecule has 1 aliphatic rings. The Labute approximate surface area is 155 Å². The third-order valence-corrected chi connectivity index (χ3v) is 4.15. The van der Waals surface area contributed by atoms with Gasteiger partial charge in [-0.05, 0) is 56.6 Å². The Kier molecular flexibility index (Phi) is 11.7. The number of hydrogen-bond acceptors (Lipinski definition) is 3. The van der Waals surface area contributed by atoms with Gasteiger partial charge in [0.1, 0.15) is 0 Å². The summed E-state index contributed by atoms with van der Waals surface area (Å²) in [6, 6.07) is 8.13. The Morgan fingerprint density at radius 2 is 2.00 bits per heavy atom. The molecule has 1 heterocycles. The van der Waals surface area contributed by atoms with E-state index in [2.05, 4.69) is 16.3 Å². The maximum Gasteiger partial charge on any atom is 0.220 e. The molecule has 4 nitrogen and oxygen atoms in total. The van der Waals surface area contributed by atoms with Gasteiger partial charge in [-0.2, -0.15) is 0 Å². The van der Waals surface area contributed by atoms with Crippen molar-refractivity contribution in [2.75, 3.05) is 26.2 Å². The van der Waals surface area contributed by atoms with Gasteiger partial charge >= 0.3 is 0 Å². The van der Waals surface area contributed by atoms with E-state index in [1.54, 1.807) is 0 Å². The van der Waals surface area contributed by atoms with Crippen molar-refractivity contribution in [1.29, 1.82) is 0 Å². The van der Waals surface area contributed by atoms with Gasteiger partial charge in [-0.15, -0.1) is 24.8 Å². The van der Waals surface area contributed by atoms with Gasteiger partial charge in [-0.25, -0.2) is 0 Å². The van der Waals surface area contributed by atoms with Crippen molar-refractivity contribution in [3.05, 3.63) is 34.9 Å². The Morgan fingerprint density at radius 3 is 2.61 bits per heavy atom. The highest BCUT2D eigenvalue weighted by molar-refractivity contribution is 6.30. The lowest BCUT2D eigenvalue weighted by atomic mass is 10.1. The number of nitrogens with one attached hydrogen (secondary N) is 1. The molecule has 1 atom stereocenters. The highest BCUT2D eigenvalue weighted by Gasteiger charge is 2.23. The highest BCUT2D eigenvalue weighted by Crippen LogP contribution is 2.26. The van der Waals surface area contributed by atoms with Gasteiger partial charge in [-0.3, -0.25) is 9.69 Å². The van der Waals surface area contributed by atoms with Gasteiger partial charge in [-0.1, -0.05) is 23.7 Å². The monoisotopic (exact) mass is 381 g/mol. The van der Waals surface area contributed by atoms with E-state index in [4.69, 9.17) is 17.3 Å². The normalized spacial score (nSPS) is 15.4. The average Bonchev–Trinajstić information content (AvgIpc) is 2.99. The number of carbonyl (C=O) groups excluding carboxylic acids is 1. The highest BCUT2D eigenvalue weighted by atomic mass is 35.5. The zero-order chi connectivity index (χ0) is 15.1. The molecule has 0 aromatic heterocycles. The summed E-state index contributed by atoms with van der Waals surface area (Å²) in [5.74, 6) is 0.0756. The molecule has 0 spiro atoms. The second-order valence-electron chi connectivity index (χ2n) is 5.51. The molecule has 1 aromatic carbocycles. The molecule has 1 aliphatic heterocycles. The Morgan fingerprint density at radius 1 is 1.30 bits per heavy atom. The summed E-state index contributed by atoms with van der Waals surface area (Å²) in [5, 5.41) is 3.77. The van der Waals surface area contributed by atoms with Crippen molar-refractivity contribution in [3.8, 4) is 0 Å². The number of nitrogens with two attached hydrogens (primary N) is 1. The van der Waals surface area contributed by atoms with E-state index in [1.165, 1.54) is 18.4 Å². The Balaban J connectivity index is 0.00000242. The first-order valence-electron chi connectivity index (χ1n) is 7.67. The standard InChI is InChI=1S/C16H24ClN3O.2ClH/c17-14-6-3-5-13(11-14)15(20-9-1-2-10-20)12-19-16(21)7-4-8-18;;/h3,5-6,11,15H,1-2,4,7-10,12,18H2,(H,19,21);2*1H. The van der Waals surface area contributed by atoms with E-state index in [0.717, 1.165) is 24.5 Å². The van der Waals surface area contributed by atoms with Crippen LogP contribution in [0.4, 0.5) is 0 Å². The van der Waals surface area contributed by atoms with Gasteiger partial charge < -0.3 is 11.1 Å². The molecule has 0 radical (unpaired) electrons. The minimum atomic E-state index is 0. The maximum absolute atomic E-state index is 11.8. The number of carbonyl (C=O) groups is 1. The molecule has 3 N–H and O–H groups in total. The number of halogens is 3. The van der Waals surface area contributed by atoms with Crippen LogP contribution < -0.4 is 11.1 Å². The molecular weight excluding hydrogens is 357 g/mol. The lowest BCUT2D eigenvalue weighted by Crippen LogP contribution is -2.36. The van der Waals surface area contributed by atoms with Gasteiger partial charge in [0, 0.05) is 18.0 Å². The predicted molar refractivity (Wildman–Crippen MR) is 101 cm³/mol. The van der Waals surface area contributed by atoms with Crippen molar-refractivity contribution in [2.24, 2.45) is 5.73 Å². The summed E-state index contributed by atoms with van der Waals surface area (Å²) in [5.41, 5.74) is 6.61. The second kappa shape index (κ2) is 11.9. The number of amides is 1. The zero-order valence-electron chi connectivity index (χ0n) is 13.2. The van der Waals surface area contributed by atoms with Crippen LogP contribution in [0.5, 0.6) is 0 Å². The van der Waals surface area contributed by atoms with Crippen molar-refractivity contribution >= 4 is 42.3 Å². The first kappa shape index (κ1) is 22.5. The molecule has 1 fully saturated rings. The fourth-order valence-corrected chi connectivity index (χ4v) is 2.99. The van der Waals surface area contributed by atoms with Crippen LogP contribution in [0, 0.1) is 0 Å². The van der Waals surface area contributed by atoms with E-state index in [1.807, 2.05) is 18.2 Å². The number of benzene rings is 1. The van der Waals surface area contributed by atoms with E-state index in [9.17, 15) is 4.79 Å². The predicted octanol–water partition coefficient (Wildman–Crippen LogP) is 3.18. The van der Waals surface area contributed by atoms with Crippen molar-refractivity contribution in [1.82, 2.24) is 10.2 Å². The Bertz CT molecular complexity index is 468. The van der Waals surface area contributed by atoms with E-state index in [0.29, 0.717) is 19.5 Å². The van der Waals surface area contributed by atoms with Crippen molar-refractivity contribution in [2.45, 2.75) is 31.7 Å². The van der Waals surface area contributed by atoms with Crippen LogP contribution in [-0.2, 0) is 4.79 Å². The largest absolute Gasteiger partial charge is 0.354 e. The van der Waals surface area contributed by atoms with E-state index >= 15 is 0 Å². The molecule has 0 saturated carbocycles. The van der Waals surface area contributed by atoms with E-state index < -0.39 is 0 Å². The van der Waals surface area contributed by atoms with Crippen LogP contribution in [0.25, 0.3) is 0 Å². The SMILES string of the molecule is Cl.Cl.NCCCC(=O)NCC(c1cccc(Cl)c1)N1CCCC1. The number of likely N-dealkylation sites (tertiary alicyclic amines) is 1. The van der Waals surface area contributed by atoms with Crippen molar-refractivity contribution < 1.29 is 4.79 Å². The third kappa shape index (κ3) is 7.27. The molecule has 2 rings (SSSR count). The quantitative estimate of drug-likeness (QED) is 0.761. The summed E-state index contributed by atoms with van der Waals surface area (Å²) in [7, 11) is 0. The minimum absolute atomic E-state index is 0. The zero-order valence-corrected chi connectivity index (χ0v) is 15.6. The topological polar surface area (TPSA) is 58.4 Å². The number of nitrogens with zero attached hydrogens (tertiary/aromatic N) is 1. The summed E-state index contributed by atoms with van der Waals surface area (Å²) in [4.78, 5) is 14.2. The van der Waals surface area contributed by atoms with Crippen molar-refractivity contribution in [3.63, 3.8) is 0 Å². The molecule has 1 amide bonds. The molecule has 1 aromatic rings. The molecular formula is C16H26Cl3N3O. The Hall–Kier alpha value is -0.520. The van der Waals surface area contributed by atoms with Crippen LogP contribution in [0.15, 0.2) is 24.3 Å². The summed E-state index contributed by atoms with van der Waals surface area (Å²) in [6.45, 7) is 3.34. The smallest absolute Gasteiger partial charge is 0.220 e. The fourth-order valence-electron chi connectivity index (χ4n) is 2.79. The lowest BCUT2D eigenvalue weighted by molar-refractivity contribution is -0.121. The van der Waals surface area contributed by atoms with Gasteiger partial charge in [0.05, 0.1) is 6.04 Å². The summed E-state index contributed by atoms with van der Waals surface area (Å²) < 4.78 is 0. The number of rotatable bonds is 7. The van der Waals surface area contributed by atoms with Gasteiger partial charge in [0.25, 0.3) is 0 Å². The molecule has 1 saturated heterocycles. The van der Waals surface area contributed by atoms with Gasteiger partial charge in [0.15, 0.2) is 0 Å². The molecule has 0 aliphatic carbocycles. The molecule has 0 bridgehead atoms. The molecule has 23 heavy (non-hydrogen) atoms. The second-order valence-corrected chi connectivity index (χ2v) is 5.95. The van der Waals surface area contributed by atoms with Crippen LogP contribution in [0.1, 0.15) is 37.3 Å². The first-order valence-corrected chi connectivity index (χ1v) is 8.05. The van der Waals surface area contributed by atoms with Crippen LogP contribution in [0.2, 0.25) is 5.02 Å². The molecule has 132 valence electrons. The van der Waals surface area contributed by atoms with E-state index in [-0.39, 0.29) is 36.8 Å². The number of hydrogen-bond donors (Lipinski definition) is 2. The molecule has 7 heteroatoms.